The average Bonchev–Trinajstić information content (AvgIpc) is 2.54. The van der Waals surface area contributed by atoms with E-state index >= 15 is 0 Å². The summed E-state index contributed by atoms with van der Waals surface area (Å²) in [6, 6.07) is 16.3. The maximum atomic E-state index is 3.28. The fraction of sp³-hybridized carbons (Fsp3) is 0.238. The van der Waals surface area contributed by atoms with Crippen LogP contribution >= 0.6 is 0 Å². The van der Waals surface area contributed by atoms with Crippen LogP contribution in [0.15, 0.2) is 48.5 Å². The van der Waals surface area contributed by atoms with E-state index in [0.29, 0.717) is 0 Å². The summed E-state index contributed by atoms with van der Waals surface area (Å²) in [6.07, 6.45) is 2.00. The molecule has 0 aliphatic rings. The van der Waals surface area contributed by atoms with E-state index in [-0.39, 0.29) is 0 Å². The number of unbranched alkanes of at least 4 members (excludes halogenated alkanes) is 1. The molecule has 0 aromatic heterocycles. The number of nitrogens with zero attached hydrogens (tertiary/aromatic N) is 1. The first-order valence-corrected chi connectivity index (χ1v) is 7.58. The summed E-state index contributed by atoms with van der Waals surface area (Å²) < 4.78 is 0. The van der Waals surface area contributed by atoms with Crippen LogP contribution in [0.25, 0.3) is 0 Å². The lowest BCUT2D eigenvalue weighted by atomic mass is 10.1. The lowest BCUT2D eigenvalue weighted by Gasteiger charge is -2.13. The second-order valence-electron chi connectivity index (χ2n) is 5.26. The lowest BCUT2D eigenvalue weighted by molar-refractivity contribution is 0.983. The van der Waals surface area contributed by atoms with Gasteiger partial charge in [-0.15, -0.1) is 0 Å². The molecule has 1 nitrogen and oxygen atoms in total. The van der Waals surface area contributed by atoms with Crippen LogP contribution in [-0.2, 0) is 0 Å². The molecule has 0 amide bonds. The van der Waals surface area contributed by atoms with Gasteiger partial charge in [0.1, 0.15) is 0 Å². The maximum absolute atomic E-state index is 3.28. The van der Waals surface area contributed by atoms with Gasteiger partial charge in [0.05, 0.1) is 5.69 Å². The van der Waals surface area contributed by atoms with Gasteiger partial charge in [-0.25, -0.2) is 0 Å². The second-order valence-corrected chi connectivity index (χ2v) is 5.26. The third kappa shape index (κ3) is 4.18. The van der Waals surface area contributed by atoms with Crippen LogP contribution in [0, 0.1) is 23.7 Å². The molecule has 22 heavy (non-hydrogen) atoms. The number of hydrogen-bond acceptors (Lipinski definition) is 1. The molecular weight excluding hydrogens is 266 g/mol. The molecule has 2 aromatic rings. The molecule has 0 fully saturated rings. The molecule has 0 saturated heterocycles. The Hall–Kier alpha value is -2.64. The molecule has 0 saturated carbocycles. The highest BCUT2D eigenvalue weighted by molar-refractivity contribution is 5.62. The third-order valence-electron chi connectivity index (χ3n) is 3.24. The summed E-state index contributed by atoms with van der Waals surface area (Å²) in [6.45, 7) is 2.14. The van der Waals surface area contributed by atoms with E-state index in [4.69, 9.17) is 0 Å². The monoisotopic (exact) mass is 287 g/mol. The van der Waals surface area contributed by atoms with Crippen molar-refractivity contribution < 1.29 is 0 Å². The van der Waals surface area contributed by atoms with Gasteiger partial charge in [-0.3, -0.25) is 0 Å². The van der Waals surface area contributed by atoms with E-state index in [1.807, 2.05) is 56.6 Å². The van der Waals surface area contributed by atoms with Crippen molar-refractivity contribution >= 4 is 5.69 Å². The van der Waals surface area contributed by atoms with Crippen molar-refractivity contribution in [2.45, 2.75) is 19.8 Å². The third-order valence-corrected chi connectivity index (χ3v) is 3.24. The Morgan fingerprint density at radius 1 is 0.773 bits per heavy atom. The smallest absolute Gasteiger partial charge is 0.0520 e. The van der Waals surface area contributed by atoms with E-state index in [9.17, 15) is 0 Å². The molecule has 0 radical (unpaired) electrons. The van der Waals surface area contributed by atoms with Gasteiger partial charge in [0.2, 0.25) is 0 Å². The van der Waals surface area contributed by atoms with Gasteiger partial charge < -0.3 is 4.90 Å². The van der Waals surface area contributed by atoms with Gasteiger partial charge in [-0.1, -0.05) is 54.9 Å². The van der Waals surface area contributed by atoms with Gasteiger partial charge in [-0.05, 0) is 30.7 Å². The van der Waals surface area contributed by atoms with Gasteiger partial charge in [-0.2, -0.15) is 0 Å². The number of hydrogen-bond donors (Lipinski definition) is 0. The Morgan fingerprint density at radius 2 is 1.32 bits per heavy atom. The van der Waals surface area contributed by atoms with Gasteiger partial charge in [0, 0.05) is 37.2 Å². The molecule has 0 spiro atoms. The molecule has 1 heteroatoms. The van der Waals surface area contributed by atoms with Crippen molar-refractivity contribution in [3.63, 3.8) is 0 Å². The highest BCUT2D eigenvalue weighted by atomic mass is 15.1. The van der Waals surface area contributed by atoms with Crippen LogP contribution in [0.3, 0.4) is 0 Å². The number of anilines is 1. The highest BCUT2D eigenvalue weighted by Gasteiger charge is 2.00. The maximum Gasteiger partial charge on any atom is 0.0520 e. The molecule has 110 valence electrons. The van der Waals surface area contributed by atoms with Gasteiger partial charge in [0.25, 0.3) is 0 Å². The molecule has 0 N–H and O–H groups in total. The van der Waals surface area contributed by atoms with Gasteiger partial charge >= 0.3 is 0 Å². The lowest BCUT2D eigenvalue weighted by Crippen LogP contribution is -2.10. The molecular formula is C21H21N. The largest absolute Gasteiger partial charge is 0.377 e. The standard InChI is InChI=1S/C21H21N/c1-4-5-6-11-18-12-7-8-13-19(18)16-17-20-14-9-10-15-21(20)22(2)3/h7-10,12-15H,4-5H2,1-3H3. The van der Waals surface area contributed by atoms with Crippen LogP contribution in [0.1, 0.15) is 36.5 Å². The van der Waals surface area contributed by atoms with Crippen LogP contribution < -0.4 is 4.90 Å². The minimum atomic E-state index is 0.922. The molecule has 0 unspecified atom stereocenters. The summed E-state index contributed by atoms with van der Waals surface area (Å²) >= 11 is 0. The molecule has 0 aliphatic carbocycles. The molecule has 0 atom stereocenters. The van der Waals surface area contributed by atoms with Crippen molar-refractivity contribution in [3.05, 3.63) is 65.2 Å². The summed E-state index contributed by atoms with van der Waals surface area (Å²) in [4.78, 5) is 2.08. The van der Waals surface area contributed by atoms with Gasteiger partial charge in [0.15, 0.2) is 0 Å². The van der Waals surface area contributed by atoms with Crippen molar-refractivity contribution in [3.8, 4) is 23.7 Å². The van der Waals surface area contributed by atoms with Crippen molar-refractivity contribution in [2.75, 3.05) is 19.0 Å². The fourth-order valence-electron chi connectivity index (χ4n) is 2.09. The zero-order chi connectivity index (χ0) is 15.8. The van der Waals surface area contributed by atoms with Crippen molar-refractivity contribution in [1.29, 1.82) is 0 Å². The Morgan fingerprint density at radius 3 is 1.95 bits per heavy atom. The highest BCUT2D eigenvalue weighted by Crippen LogP contribution is 2.17. The van der Waals surface area contributed by atoms with E-state index in [0.717, 1.165) is 35.2 Å². The normalized spacial score (nSPS) is 9.23. The number of rotatable bonds is 2. The summed E-state index contributed by atoms with van der Waals surface area (Å²) in [5, 5.41) is 0. The quantitative estimate of drug-likeness (QED) is 0.744. The zero-order valence-corrected chi connectivity index (χ0v) is 13.5. The summed E-state index contributed by atoms with van der Waals surface area (Å²) in [5.74, 6) is 13.0. The predicted molar refractivity (Wildman–Crippen MR) is 95.0 cm³/mol. The topological polar surface area (TPSA) is 3.24 Å². The molecule has 2 aromatic carbocycles. The van der Waals surface area contributed by atoms with Crippen molar-refractivity contribution in [2.24, 2.45) is 0 Å². The predicted octanol–water partition coefficient (Wildman–Crippen LogP) is 4.30. The summed E-state index contributed by atoms with van der Waals surface area (Å²) in [5.41, 5.74) is 4.15. The van der Waals surface area contributed by atoms with E-state index in [2.05, 4.69) is 41.6 Å². The SMILES string of the molecule is CCCC#Cc1ccccc1C#Cc1ccccc1N(C)C. The molecule has 0 heterocycles. The van der Waals surface area contributed by atoms with E-state index < -0.39 is 0 Å². The Bertz CT molecular complexity index is 748. The molecule has 2 rings (SSSR count). The Labute approximate surface area is 134 Å². The average molecular weight is 287 g/mol. The van der Waals surface area contributed by atoms with Crippen molar-refractivity contribution in [1.82, 2.24) is 0 Å². The minimum absolute atomic E-state index is 0.922. The first-order chi connectivity index (χ1) is 10.7. The fourth-order valence-corrected chi connectivity index (χ4v) is 2.09. The van der Waals surface area contributed by atoms with Crippen LogP contribution in [-0.4, -0.2) is 14.1 Å². The minimum Gasteiger partial charge on any atom is -0.377 e. The van der Waals surface area contributed by atoms with E-state index in [1.54, 1.807) is 0 Å². The number of para-hydroxylation sites is 1. The first-order valence-electron chi connectivity index (χ1n) is 7.58. The van der Waals surface area contributed by atoms with E-state index in [1.165, 1.54) is 0 Å². The first kappa shape index (κ1) is 15.7. The Kier molecular flexibility index (Phi) is 5.70. The zero-order valence-electron chi connectivity index (χ0n) is 13.5. The second kappa shape index (κ2) is 7.96. The van der Waals surface area contributed by atoms with Crippen LogP contribution in [0.4, 0.5) is 5.69 Å². The Balaban J connectivity index is 2.36. The van der Waals surface area contributed by atoms with Crippen LogP contribution in [0.5, 0.6) is 0 Å². The summed E-state index contributed by atoms with van der Waals surface area (Å²) in [7, 11) is 4.06. The number of benzene rings is 2. The molecule has 0 bridgehead atoms. The molecule has 0 aliphatic heterocycles. The van der Waals surface area contributed by atoms with Crippen LogP contribution in [0.2, 0.25) is 0 Å².